The van der Waals surface area contributed by atoms with E-state index in [1.807, 2.05) is 6.07 Å². The van der Waals surface area contributed by atoms with Crippen LogP contribution in [0.25, 0.3) is 0 Å². The molecule has 0 aromatic heterocycles. The van der Waals surface area contributed by atoms with E-state index < -0.39 is 0 Å². The first kappa shape index (κ1) is 17.0. The molecule has 112 valence electrons. The number of nitrogens with two attached hydrogens (primary N) is 1. The van der Waals surface area contributed by atoms with Gasteiger partial charge >= 0.3 is 0 Å². The Bertz CT molecular complexity index is 387. The number of carbonyl (C=O) groups excluding carboxylic acids is 1. The van der Waals surface area contributed by atoms with E-state index in [4.69, 9.17) is 5.73 Å². The van der Waals surface area contributed by atoms with Crippen molar-refractivity contribution in [3.8, 4) is 0 Å². The van der Waals surface area contributed by atoms with Crippen molar-refractivity contribution in [2.24, 2.45) is 17.6 Å². The molecule has 1 amide bonds. The molecule has 1 saturated carbocycles. The molecule has 0 radical (unpaired) electrons. The van der Waals surface area contributed by atoms with Gasteiger partial charge in [0.15, 0.2) is 0 Å². The zero-order valence-electron chi connectivity index (χ0n) is 12.1. The van der Waals surface area contributed by atoms with Crippen LogP contribution in [-0.2, 0) is 11.2 Å². The third kappa shape index (κ3) is 5.54. The predicted octanol–water partition coefficient (Wildman–Crippen LogP) is 4.11. The van der Waals surface area contributed by atoms with Crippen molar-refractivity contribution in [1.82, 2.24) is 0 Å². The second kappa shape index (κ2) is 9.02. The van der Waals surface area contributed by atoms with Crippen molar-refractivity contribution in [1.29, 1.82) is 0 Å². The average Bonchev–Trinajstić information content (AvgIpc) is 2.45. The van der Waals surface area contributed by atoms with E-state index in [1.54, 1.807) is 0 Å². The highest BCUT2D eigenvalue weighted by molar-refractivity contribution is 5.85. The minimum absolute atomic E-state index is 0. The average molecular weight is 296 g/mol. The summed E-state index contributed by atoms with van der Waals surface area (Å²) in [7, 11) is 0. The van der Waals surface area contributed by atoms with Crippen molar-refractivity contribution in [2.75, 3.05) is 0 Å². The fourth-order valence-corrected chi connectivity index (χ4v) is 3.19. The van der Waals surface area contributed by atoms with Crippen LogP contribution in [-0.4, -0.2) is 5.91 Å². The van der Waals surface area contributed by atoms with Gasteiger partial charge in [0.1, 0.15) is 0 Å². The van der Waals surface area contributed by atoms with E-state index in [1.165, 1.54) is 37.7 Å². The number of carbonyl (C=O) groups is 1. The lowest BCUT2D eigenvalue weighted by Crippen LogP contribution is -2.26. The molecule has 0 spiro atoms. The molecule has 1 aliphatic carbocycles. The lowest BCUT2D eigenvalue weighted by molar-refractivity contribution is -0.122. The van der Waals surface area contributed by atoms with Crippen molar-refractivity contribution in [2.45, 2.75) is 51.4 Å². The van der Waals surface area contributed by atoms with E-state index >= 15 is 0 Å². The molecule has 2 nitrogen and oxygen atoms in total. The summed E-state index contributed by atoms with van der Waals surface area (Å²) >= 11 is 0. The molecule has 1 aliphatic rings. The number of amides is 1. The fraction of sp³-hybridized carbons (Fsp3) is 0.588. The Morgan fingerprint density at radius 3 is 2.40 bits per heavy atom. The molecule has 2 rings (SSSR count). The molecule has 2 N–H and O–H groups in total. The normalized spacial score (nSPS) is 17.2. The molecule has 20 heavy (non-hydrogen) atoms. The highest BCUT2D eigenvalue weighted by Gasteiger charge is 2.22. The van der Waals surface area contributed by atoms with Crippen LogP contribution in [0, 0.1) is 11.8 Å². The van der Waals surface area contributed by atoms with E-state index in [0.29, 0.717) is 0 Å². The van der Waals surface area contributed by atoms with Gasteiger partial charge in [-0.05, 0) is 30.7 Å². The molecule has 3 heteroatoms. The number of hydrogen-bond donors (Lipinski definition) is 1. The molecule has 1 atom stereocenters. The number of rotatable bonds is 6. The van der Waals surface area contributed by atoms with Gasteiger partial charge in [-0.15, -0.1) is 12.4 Å². The lowest BCUT2D eigenvalue weighted by atomic mass is 9.81. The third-order valence-corrected chi connectivity index (χ3v) is 4.37. The SMILES string of the molecule is Cl.NC(=O)C(CCc1ccccc1)CC1CCCCC1. The van der Waals surface area contributed by atoms with Crippen LogP contribution < -0.4 is 5.73 Å². The summed E-state index contributed by atoms with van der Waals surface area (Å²) in [4.78, 5) is 11.6. The number of primary amides is 1. The first-order valence-electron chi connectivity index (χ1n) is 7.59. The fourth-order valence-electron chi connectivity index (χ4n) is 3.19. The number of aryl methyl sites for hydroxylation is 1. The minimum Gasteiger partial charge on any atom is -0.369 e. The largest absolute Gasteiger partial charge is 0.369 e. The molecular weight excluding hydrogens is 270 g/mol. The van der Waals surface area contributed by atoms with Crippen LogP contribution in [0.3, 0.4) is 0 Å². The summed E-state index contributed by atoms with van der Waals surface area (Å²) in [5.74, 6) is 0.673. The molecule has 0 saturated heterocycles. The van der Waals surface area contributed by atoms with Crippen molar-refractivity contribution in [3.05, 3.63) is 35.9 Å². The topological polar surface area (TPSA) is 43.1 Å². The van der Waals surface area contributed by atoms with Gasteiger partial charge in [0.25, 0.3) is 0 Å². The van der Waals surface area contributed by atoms with Gasteiger partial charge in [0.05, 0.1) is 0 Å². The maximum atomic E-state index is 11.6. The molecule has 1 aromatic rings. The summed E-state index contributed by atoms with van der Waals surface area (Å²) in [5.41, 5.74) is 6.88. The molecular formula is C17H26ClNO. The van der Waals surface area contributed by atoms with Crippen molar-refractivity contribution < 1.29 is 4.79 Å². The van der Waals surface area contributed by atoms with Gasteiger partial charge in [0, 0.05) is 5.92 Å². The van der Waals surface area contributed by atoms with E-state index in [0.717, 1.165) is 25.2 Å². The van der Waals surface area contributed by atoms with E-state index in [2.05, 4.69) is 24.3 Å². The molecule has 1 fully saturated rings. The highest BCUT2D eigenvalue weighted by Crippen LogP contribution is 2.30. The maximum absolute atomic E-state index is 11.6. The Morgan fingerprint density at radius 2 is 1.80 bits per heavy atom. The van der Waals surface area contributed by atoms with Gasteiger partial charge in [-0.25, -0.2) is 0 Å². The minimum atomic E-state index is -0.110. The quantitative estimate of drug-likeness (QED) is 0.843. The summed E-state index contributed by atoms with van der Waals surface area (Å²) < 4.78 is 0. The zero-order chi connectivity index (χ0) is 13.5. The Kier molecular flexibility index (Phi) is 7.68. The molecule has 0 heterocycles. The Hall–Kier alpha value is -1.02. The number of hydrogen-bond acceptors (Lipinski definition) is 1. The lowest BCUT2D eigenvalue weighted by Gasteiger charge is -2.25. The Balaban J connectivity index is 0.00000200. The second-order valence-electron chi connectivity index (χ2n) is 5.86. The second-order valence-corrected chi connectivity index (χ2v) is 5.86. The van der Waals surface area contributed by atoms with E-state index in [-0.39, 0.29) is 24.2 Å². The summed E-state index contributed by atoms with van der Waals surface area (Å²) in [6, 6.07) is 10.4. The standard InChI is InChI=1S/C17H25NO.ClH/c18-17(19)16(13-15-9-5-2-6-10-15)12-11-14-7-3-1-4-8-14;/h1,3-4,7-8,15-16H,2,5-6,9-13H2,(H2,18,19);1H. The number of halogens is 1. The maximum Gasteiger partial charge on any atom is 0.220 e. The molecule has 0 bridgehead atoms. The third-order valence-electron chi connectivity index (χ3n) is 4.37. The number of benzene rings is 1. The van der Waals surface area contributed by atoms with Crippen LogP contribution in [0.1, 0.15) is 50.5 Å². The monoisotopic (exact) mass is 295 g/mol. The Morgan fingerprint density at radius 1 is 1.15 bits per heavy atom. The summed E-state index contributed by atoms with van der Waals surface area (Å²) in [6.07, 6.45) is 9.45. The van der Waals surface area contributed by atoms with Gasteiger partial charge in [-0.3, -0.25) is 4.79 Å². The molecule has 1 unspecified atom stereocenters. The predicted molar refractivity (Wildman–Crippen MR) is 85.9 cm³/mol. The smallest absolute Gasteiger partial charge is 0.220 e. The van der Waals surface area contributed by atoms with Gasteiger partial charge in [0.2, 0.25) is 5.91 Å². The van der Waals surface area contributed by atoms with Crippen LogP contribution in [0.4, 0.5) is 0 Å². The van der Waals surface area contributed by atoms with Crippen LogP contribution in [0.2, 0.25) is 0 Å². The summed E-state index contributed by atoms with van der Waals surface area (Å²) in [5, 5.41) is 0. The van der Waals surface area contributed by atoms with Gasteiger partial charge < -0.3 is 5.73 Å². The molecule has 1 aromatic carbocycles. The van der Waals surface area contributed by atoms with Crippen LogP contribution in [0.15, 0.2) is 30.3 Å². The van der Waals surface area contributed by atoms with Crippen LogP contribution in [0.5, 0.6) is 0 Å². The van der Waals surface area contributed by atoms with Crippen LogP contribution >= 0.6 is 12.4 Å². The summed E-state index contributed by atoms with van der Waals surface area (Å²) in [6.45, 7) is 0. The van der Waals surface area contributed by atoms with E-state index in [9.17, 15) is 4.79 Å². The first-order valence-corrected chi connectivity index (χ1v) is 7.59. The zero-order valence-corrected chi connectivity index (χ0v) is 12.9. The highest BCUT2D eigenvalue weighted by atomic mass is 35.5. The van der Waals surface area contributed by atoms with Crippen molar-refractivity contribution >= 4 is 18.3 Å². The van der Waals surface area contributed by atoms with Gasteiger partial charge in [-0.1, -0.05) is 62.4 Å². The Labute approximate surface area is 128 Å². The molecule has 0 aliphatic heterocycles. The van der Waals surface area contributed by atoms with Crippen molar-refractivity contribution in [3.63, 3.8) is 0 Å². The first-order chi connectivity index (χ1) is 9.25. The van der Waals surface area contributed by atoms with Gasteiger partial charge in [-0.2, -0.15) is 0 Å².